The SMILES string of the molecule is CCC(C)C1CN(C2CCOCC2)CCN1. The summed E-state index contributed by atoms with van der Waals surface area (Å²) in [6, 6.07) is 1.48. The third-order valence-electron chi connectivity index (χ3n) is 4.27. The van der Waals surface area contributed by atoms with Gasteiger partial charge in [0.25, 0.3) is 0 Å². The van der Waals surface area contributed by atoms with Crippen molar-refractivity contribution in [3.63, 3.8) is 0 Å². The van der Waals surface area contributed by atoms with Crippen LogP contribution in [0.5, 0.6) is 0 Å². The second-order valence-corrected chi connectivity index (χ2v) is 5.28. The fourth-order valence-electron chi connectivity index (χ4n) is 2.85. The number of ether oxygens (including phenoxy) is 1. The summed E-state index contributed by atoms with van der Waals surface area (Å²) in [6.45, 7) is 10.2. The van der Waals surface area contributed by atoms with Gasteiger partial charge in [-0.15, -0.1) is 0 Å². The molecule has 2 rings (SSSR count). The van der Waals surface area contributed by atoms with Gasteiger partial charge in [-0.3, -0.25) is 4.90 Å². The van der Waals surface area contributed by atoms with E-state index in [1.54, 1.807) is 0 Å². The van der Waals surface area contributed by atoms with Gasteiger partial charge in [-0.2, -0.15) is 0 Å². The zero-order chi connectivity index (χ0) is 11.4. The van der Waals surface area contributed by atoms with Gasteiger partial charge < -0.3 is 10.1 Å². The average molecular weight is 226 g/mol. The normalized spacial score (nSPS) is 31.5. The van der Waals surface area contributed by atoms with E-state index in [-0.39, 0.29) is 0 Å². The highest BCUT2D eigenvalue weighted by molar-refractivity contribution is 4.86. The van der Waals surface area contributed by atoms with E-state index in [2.05, 4.69) is 24.1 Å². The Bertz CT molecular complexity index is 204. The Labute approximate surface area is 99.5 Å². The maximum absolute atomic E-state index is 5.44. The number of piperazine rings is 1. The summed E-state index contributed by atoms with van der Waals surface area (Å²) < 4.78 is 5.44. The van der Waals surface area contributed by atoms with Crippen LogP contribution in [0.15, 0.2) is 0 Å². The first kappa shape index (κ1) is 12.3. The zero-order valence-electron chi connectivity index (χ0n) is 10.7. The van der Waals surface area contributed by atoms with Crippen LogP contribution in [0.25, 0.3) is 0 Å². The van der Waals surface area contributed by atoms with Crippen molar-refractivity contribution in [1.82, 2.24) is 10.2 Å². The molecule has 2 aliphatic rings. The van der Waals surface area contributed by atoms with Crippen LogP contribution in [-0.2, 0) is 4.74 Å². The zero-order valence-corrected chi connectivity index (χ0v) is 10.7. The van der Waals surface area contributed by atoms with Gasteiger partial charge in [-0.1, -0.05) is 20.3 Å². The van der Waals surface area contributed by atoms with Crippen LogP contribution in [0.3, 0.4) is 0 Å². The lowest BCUT2D eigenvalue weighted by molar-refractivity contribution is 0.0195. The van der Waals surface area contributed by atoms with Crippen LogP contribution in [-0.4, -0.2) is 49.8 Å². The van der Waals surface area contributed by atoms with Gasteiger partial charge in [0.15, 0.2) is 0 Å². The van der Waals surface area contributed by atoms with Crippen molar-refractivity contribution in [2.24, 2.45) is 5.92 Å². The van der Waals surface area contributed by atoms with E-state index >= 15 is 0 Å². The third kappa shape index (κ3) is 2.96. The minimum atomic E-state index is 0.696. The van der Waals surface area contributed by atoms with Gasteiger partial charge in [0.05, 0.1) is 0 Å². The molecular weight excluding hydrogens is 200 g/mol. The Morgan fingerprint density at radius 1 is 1.38 bits per heavy atom. The minimum Gasteiger partial charge on any atom is -0.381 e. The number of nitrogens with zero attached hydrogens (tertiary/aromatic N) is 1. The number of nitrogens with one attached hydrogen (secondary N) is 1. The van der Waals surface area contributed by atoms with Crippen molar-refractivity contribution in [2.45, 2.75) is 45.2 Å². The van der Waals surface area contributed by atoms with Crippen molar-refractivity contribution in [1.29, 1.82) is 0 Å². The molecule has 3 nitrogen and oxygen atoms in total. The molecular formula is C13H26N2O. The predicted octanol–water partition coefficient (Wildman–Crippen LogP) is 1.49. The van der Waals surface area contributed by atoms with Crippen LogP contribution in [0.4, 0.5) is 0 Å². The van der Waals surface area contributed by atoms with E-state index in [0.29, 0.717) is 6.04 Å². The van der Waals surface area contributed by atoms with Gasteiger partial charge in [-0.25, -0.2) is 0 Å². The largest absolute Gasteiger partial charge is 0.381 e. The van der Waals surface area contributed by atoms with E-state index in [1.165, 1.54) is 32.4 Å². The van der Waals surface area contributed by atoms with Gasteiger partial charge in [0.1, 0.15) is 0 Å². The summed E-state index contributed by atoms with van der Waals surface area (Å²) in [5.41, 5.74) is 0. The van der Waals surface area contributed by atoms with Crippen molar-refractivity contribution in [3.8, 4) is 0 Å². The smallest absolute Gasteiger partial charge is 0.0480 e. The Kier molecular flexibility index (Phi) is 4.62. The molecule has 3 heteroatoms. The van der Waals surface area contributed by atoms with Crippen LogP contribution in [0.2, 0.25) is 0 Å². The highest BCUT2D eigenvalue weighted by Gasteiger charge is 2.28. The highest BCUT2D eigenvalue weighted by atomic mass is 16.5. The molecule has 0 aromatic heterocycles. The predicted molar refractivity (Wildman–Crippen MR) is 66.7 cm³/mol. The second-order valence-electron chi connectivity index (χ2n) is 5.28. The van der Waals surface area contributed by atoms with Gasteiger partial charge in [-0.05, 0) is 18.8 Å². The van der Waals surface area contributed by atoms with E-state index in [0.717, 1.165) is 31.7 Å². The van der Waals surface area contributed by atoms with E-state index < -0.39 is 0 Å². The Balaban J connectivity index is 1.85. The summed E-state index contributed by atoms with van der Waals surface area (Å²) in [4.78, 5) is 2.69. The lowest BCUT2D eigenvalue weighted by Gasteiger charge is -2.42. The monoisotopic (exact) mass is 226 g/mol. The Hall–Kier alpha value is -0.120. The first-order valence-corrected chi connectivity index (χ1v) is 6.86. The van der Waals surface area contributed by atoms with Crippen LogP contribution >= 0.6 is 0 Å². The Morgan fingerprint density at radius 2 is 2.12 bits per heavy atom. The highest BCUT2D eigenvalue weighted by Crippen LogP contribution is 2.19. The molecule has 0 bridgehead atoms. The fourth-order valence-corrected chi connectivity index (χ4v) is 2.85. The van der Waals surface area contributed by atoms with Gasteiger partial charge in [0, 0.05) is 44.9 Å². The maximum Gasteiger partial charge on any atom is 0.0480 e. The molecule has 2 atom stereocenters. The maximum atomic E-state index is 5.44. The van der Waals surface area contributed by atoms with Crippen molar-refractivity contribution in [3.05, 3.63) is 0 Å². The van der Waals surface area contributed by atoms with Crippen LogP contribution in [0, 0.1) is 5.92 Å². The van der Waals surface area contributed by atoms with E-state index in [4.69, 9.17) is 4.74 Å². The molecule has 16 heavy (non-hydrogen) atoms. The summed E-state index contributed by atoms with van der Waals surface area (Å²) in [7, 11) is 0. The molecule has 0 aromatic rings. The molecule has 2 heterocycles. The second kappa shape index (κ2) is 5.99. The lowest BCUT2D eigenvalue weighted by Crippen LogP contribution is -2.56. The first-order chi connectivity index (χ1) is 7.81. The summed E-state index contributed by atoms with van der Waals surface area (Å²) in [5.74, 6) is 0.794. The van der Waals surface area contributed by atoms with Crippen LogP contribution in [0.1, 0.15) is 33.1 Å². The van der Waals surface area contributed by atoms with Crippen LogP contribution < -0.4 is 5.32 Å². The molecule has 0 amide bonds. The van der Waals surface area contributed by atoms with Gasteiger partial charge >= 0.3 is 0 Å². The summed E-state index contributed by atoms with van der Waals surface area (Å²) >= 11 is 0. The third-order valence-corrected chi connectivity index (χ3v) is 4.27. The minimum absolute atomic E-state index is 0.696. The lowest BCUT2D eigenvalue weighted by atomic mass is 9.95. The van der Waals surface area contributed by atoms with Crippen molar-refractivity contribution >= 4 is 0 Å². The molecule has 0 saturated carbocycles. The molecule has 0 spiro atoms. The summed E-state index contributed by atoms with van der Waals surface area (Å²) in [5, 5.41) is 3.67. The summed E-state index contributed by atoms with van der Waals surface area (Å²) in [6.07, 6.45) is 3.74. The molecule has 2 fully saturated rings. The quantitative estimate of drug-likeness (QED) is 0.789. The Morgan fingerprint density at radius 3 is 2.81 bits per heavy atom. The average Bonchev–Trinajstić information content (AvgIpc) is 2.39. The van der Waals surface area contributed by atoms with Gasteiger partial charge in [0.2, 0.25) is 0 Å². The molecule has 0 aliphatic carbocycles. The molecule has 2 saturated heterocycles. The number of rotatable bonds is 3. The number of hydrogen-bond donors (Lipinski definition) is 1. The van der Waals surface area contributed by atoms with E-state index in [1.807, 2.05) is 0 Å². The van der Waals surface area contributed by atoms with Crippen molar-refractivity contribution in [2.75, 3.05) is 32.8 Å². The first-order valence-electron chi connectivity index (χ1n) is 6.86. The fraction of sp³-hybridized carbons (Fsp3) is 1.00. The molecule has 1 N–H and O–H groups in total. The molecule has 0 radical (unpaired) electrons. The molecule has 94 valence electrons. The van der Waals surface area contributed by atoms with E-state index in [9.17, 15) is 0 Å². The molecule has 2 aliphatic heterocycles. The molecule has 2 unspecified atom stereocenters. The molecule has 0 aromatic carbocycles. The topological polar surface area (TPSA) is 24.5 Å². The number of hydrogen-bond acceptors (Lipinski definition) is 3. The van der Waals surface area contributed by atoms with Crippen molar-refractivity contribution < 1.29 is 4.74 Å². The standard InChI is InChI=1S/C13H26N2O/c1-3-11(2)13-10-15(7-6-14-13)12-4-8-16-9-5-12/h11-14H,3-10H2,1-2H3.